The first-order valence-electron chi connectivity index (χ1n) is 7.61. The minimum Gasteiger partial charge on any atom is -0.329 e. The highest BCUT2D eigenvalue weighted by molar-refractivity contribution is 5.59. The Hall–Kier alpha value is -1.87. The summed E-state index contributed by atoms with van der Waals surface area (Å²) in [5, 5.41) is 3.48. The molecule has 3 nitrogen and oxygen atoms in total. The maximum atomic E-state index is 4.59. The summed E-state index contributed by atoms with van der Waals surface area (Å²) in [4.78, 5) is 6.70. The Balaban J connectivity index is 2.09. The second kappa shape index (κ2) is 7.23. The van der Waals surface area contributed by atoms with E-state index in [2.05, 4.69) is 72.4 Å². The Bertz CT molecular complexity index is 546. The molecular formula is C18H25N3. The summed E-state index contributed by atoms with van der Waals surface area (Å²) < 4.78 is 0. The Morgan fingerprint density at radius 2 is 1.86 bits per heavy atom. The summed E-state index contributed by atoms with van der Waals surface area (Å²) in [6.07, 6.45) is 3.11. The number of rotatable bonds is 6. The van der Waals surface area contributed by atoms with Gasteiger partial charge in [-0.05, 0) is 50.6 Å². The largest absolute Gasteiger partial charge is 0.329 e. The molecule has 0 aliphatic heterocycles. The van der Waals surface area contributed by atoms with Gasteiger partial charge in [-0.1, -0.05) is 30.7 Å². The van der Waals surface area contributed by atoms with Gasteiger partial charge in [0.25, 0.3) is 0 Å². The second-order valence-electron chi connectivity index (χ2n) is 5.52. The molecule has 1 aromatic heterocycles. The molecule has 0 saturated carbocycles. The molecule has 0 aliphatic rings. The average Bonchev–Trinajstić information content (AvgIpc) is 2.53. The van der Waals surface area contributed by atoms with Crippen molar-refractivity contribution in [3.8, 4) is 0 Å². The van der Waals surface area contributed by atoms with Crippen LogP contribution >= 0.6 is 0 Å². The molecule has 0 bridgehead atoms. The number of aryl methyl sites for hydroxylation is 1. The van der Waals surface area contributed by atoms with E-state index >= 15 is 0 Å². The minimum atomic E-state index is 0.344. The summed E-state index contributed by atoms with van der Waals surface area (Å²) in [5.74, 6) is 0.963. The Morgan fingerprint density at radius 3 is 2.43 bits per heavy atom. The molecule has 1 unspecified atom stereocenters. The van der Waals surface area contributed by atoms with Crippen LogP contribution in [0.1, 0.15) is 37.4 Å². The zero-order chi connectivity index (χ0) is 15.2. The van der Waals surface area contributed by atoms with Gasteiger partial charge in [-0.3, -0.25) is 0 Å². The maximum absolute atomic E-state index is 4.59. The fourth-order valence-corrected chi connectivity index (χ4v) is 2.23. The predicted octanol–water partition coefficient (Wildman–Crippen LogP) is 4.22. The van der Waals surface area contributed by atoms with Crippen molar-refractivity contribution in [2.24, 2.45) is 0 Å². The topological polar surface area (TPSA) is 28.2 Å². The first kappa shape index (κ1) is 15.5. The summed E-state index contributed by atoms with van der Waals surface area (Å²) in [6.45, 7) is 7.49. The molecular weight excluding hydrogens is 258 g/mol. The van der Waals surface area contributed by atoms with E-state index in [9.17, 15) is 0 Å². The summed E-state index contributed by atoms with van der Waals surface area (Å²) >= 11 is 0. The molecule has 0 radical (unpaired) electrons. The van der Waals surface area contributed by atoms with Gasteiger partial charge in [0.05, 0.1) is 0 Å². The van der Waals surface area contributed by atoms with Crippen molar-refractivity contribution in [1.82, 2.24) is 10.3 Å². The summed E-state index contributed by atoms with van der Waals surface area (Å²) in [7, 11) is 2.05. The lowest BCUT2D eigenvalue weighted by atomic mass is 10.1. The van der Waals surface area contributed by atoms with Gasteiger partial charge in [0.2, 0.25) is 0 Å². The number of nitrogens with zero attached hydrogens (tertiary/aromatic N) is 2. The molecule has 1 heterocycles. The van der Waals surface area contributed by atoms with Crippen LogP contribution in [-0.4, -0.2) is 18.6 Å². The van der Waals surface area contributed by atoms with Crippen LogP contribution in [0.4, 0.5) is 11.5 Å². The first-order valence-corrected chi connectivity index (χ1v) is 7.61. The fourth-order valence-electron chi connectivity index (χ4n) is 2.23. The normalized spacial score (nSPS) is 12.2. The van der Waals surface area contributed by atoms with Crippen molar-refractivity contribution in [2.75, 3.05) is 18.5 Å². The zero-order valence-electron chi connectivity index (χ0n) is 13.4. The second-order valence-corrected chi connectivity index (χ2v) is 5.52. The van der Waals surface area contributed by atoms with E-state index in [0.717, 1.165) is 24.5 Å². The summed E-state index contributed by atoms with van der Waals surface area (Å²) in [5.41, 5.74) is 3.65. The third-order valence-corrected chi connectivity index (χ3v) is 3.74. The fraction of sp³-hybridized carbons (Fsp3) is 0.389. The van der Waals surface area contributed by atoms with E-state index in [1.54, 1.807) is 0 Å². The highest BCUT2D eigenvalue weighted by atomic mass is 15.2. The van der Waals surface area contributed by atoms with Crippen molar-refractivity contribution in [3.63, 3.8) is 0 Å². The van der Waals surface area contributed by atoms with Gasteiger partial charge in [-0.15, -0.1) is 0 Å². The number of anilines is 2. The maximum Gasteiger partial charge on any atom is 0.132 e. The van der Waals surface area contributed by atoms with Gasteiger partial charge >= 0.3 is 0 Å². The SMILES string of the molecule is CCCNC(C)c1ccc(N(C)c2ccc(C)cc2)nc1. The van der Waals surface area contributed by atoms with Crippen molar-refractivity contribution in [1.29, 1.82) is 0 Å². The number of aromatic nitrogens is 1. The predicted molar refractivity (Wildman–Crippen MR) is 90.2 cm³/mol. The van der Waals surface area contributed by atoms with Crippen molar-refractivity contribution in [3.05, 3.63) is 53.7 Å². The highest BCUT2D eigenvalue weighted by Crippen LogP contribution is 2.23. The third kappa shape index (κ3) is 4.05. The van der Waals surface area contributed by atoms with Crippen LogP contribution in [0.5, 0.6) is 0 Å². The summed E-state index contributed by atoms with van der Waals surface area (Å²) in [6, 6.07) is 13.1. The van der Waals surface area contributed by atoms with Crippen molar-refractivity contribution >= 4 is 11.5 Å². The van der Waals surface area contributed by atoms with Crippen molar-refractivity contribution < 1.29 is 0 Å². The van der Waals surface area contributed by atoms with Crippen LogP contribution < -0.4 is 10.2 Å². The van der Waals surface area contributed by atoms with E-state index in [1.165, 1.54) is 11.1 Å². The molecule has 21 heavy (non-hydrogen) atoms. The van der Waals surface area contributed by atoms with E-state index in [4.69, 9.17) is 0 Å². The molecule has 1 aromatic carbocycles. The number of pyridine rings is 1. The monoisotopic (exact) mass is 283 g/mol. The standard InChI is InChI=1S/C18H25N3/c1-5-12-19-15(3)16-8-11-18(20-13-16)21(4)17-9-6-14(2)7-10-17/h6-11,13,15,19H,5,12H2,1-4H3. The van der Waals surface area contributed by atoms with Crippen LogP contribution in [0, 0.1) is 6.92 Å². The van der Waals surface area contributed by atoms with Crippen molar-refractivity contribution in [2.45, 2.75) is 33.2 Å². The molecule has 112 valence electrons. The molecule has 2 aromatic rings. The first-order chi connectivity index (χ1) is 10.1. The third-order valence-electron chi connectivity index (χ3n) is 3.74. The zero-order valence-corrected chi connectivity index (χ0v) is 13.4. The molecule has 0 spiro atoms. The van der Waals surface area contributed by atoms with E-state index in [0.29, 0.717) is 6.04 Å². The quantitative estimate of drug-likeness (QED) is 0.860. The van der Waals surface area contributed by atoms with Gasteiger partial charge in [0.15, 0.2) is 0 Å². The van der Waals surface area contributed by atoms with Gasteiger partial charge in [0, 0.05) is 25.0 Å². The lowest BCUT2D eigenvalue weighted by Gasteiger charge is -2.20. The Labute approximate surface area is 128 Å². The number of hydrogen-bond donors (Lipinski definition) is 1. The smallest absolute Gasteiger partial charge is 0.132 e. The van der Waals surface area contributed by atoms with Gasteiger partial charge in [-0.25, -0.2) is 4.98 Å². The average molecular weight is 283 g/mol. The lowest BCUT2D eigenvalue weighted by molar-refractivity contribution is 0.569. The molecule has 1 atom stereocenters. The van der Waals surface area contributed by atoms with E-state index in [1.807, 2.05) is 13.2 Å². The molecule has 0 saturated heterocycles. The van der Waals surface area contributed by atoms with E-state index < -0.39 is 0 Å². The molecule has 2 rings (SSSR count). The molecule has 0 amide bonds. The molecule has 3 heteroatoms. The minimum absolute atomic E-state index is 0.344. The van der Waals surface area contributed by atoms with Gasteiger partial charge in [0.1, 0.15) is 5.82 Å². The van der Waals surface area contributed by atoms with E-state index in [-0.39, 0.29) is 0 Å². The Morgan fingerprint density at radius 1 is 1.14 bits per heavy atom. The molecule has 1 N–H and O–H groups in total. The van der Waals surface area contributed by atoms with Crippen LogP contribution in [0.15, 0.2) is 42.6 Å². The Kier molecular flexibility index (Phi) is 5.34. The van der Waals surface area contributed by atoms with Gasteiger partial charge in [-0.2, -0.15) is 0 Å². The number of hydrogen-bond acceptors (Lipinski definition) is 3. The lowest BCUT2D eigenvalue weighted by Crippen LogP contribution is -2.19. The molecule has 0 fully saturated rings. The number of benzene rings is 1. The van der Waals surface area contributed by atoms with Crippen LogP contribution in [0.2, 0.25) is 0 Å². The van der Waals surface area contributed by atoms with Crippen LogP contribution in [-0.2, 0) is 0 Å². The highest BCUT2D eigenvalue weighted by Gasteiger charge is 2.08. The number of nitrogens with one attached hydrogen (secondary N) is 1. The van der Waals surface area contributed by atoms with Crippen LogP contribution in [0.3, 0.4) is 0 Å². The van der Waals surface area contributed by atoms with Gasteiger partial charge < -0.3 is 10.2 Å². The molecule has 0 aliphatic carbocycles. The van der Waals surface area contributed by atoms with Crippen LogP contribution in [0.25, 0.3) is 0 Å².